The van der Waals surface area contributed by atoms with Gasteiger partial charge in [-0.25, -0.2) is 0 Å². The predicted molar refractivity (Wildman–Crippen MR) is 154 cm³/mol. The maximum atomic E-state index is 13.9. The lowest BCUT2D eigenvalue weighted by Gasteiger charge is -2.30. The molecule has 0 spiro atoms. The van der Waals surface area contributed by atoms with Crippen LogP contribution in [0.4, 0.5) is 11.4 Å². The van der Waals surface area contributed by atoms with Crippen LogP contribution in [-0.2, 0) is 4.79 Å². The third-order valence-corrected chi connectivity index (χ3v) is 7.23. The molecule has 5 rings (SSSR count). The Bertz CT molecular complexity index is 1300. The Morgan fingerprint density at radius 2 is 1.63 bits per heavy atom. The Morgan fingerprint density at radius 3 is 2.39 bits per heavy atom. The number of anilines is 2. The fourth-order valence-corrected chi connectivity index (χ4v) is 5.24. The maximum Gasteiger partial charge on any atom is 0.163 e. The Labute approximate surface area is 226 Å². The van der Waals surface area contributed by atoms with Gasteiger partial charge in [-0.15, -0.1) is 0 Å². The summed E-state index contributed by atoms with van der Waals surface area (Å²) in [6.07, 6.45) is 3.30. The van der Waals surface area contributed by atoms with Gasteiger partial charge in [0, 0.05) is 23.3 Å². The number of ketones is 1. The Hall–Kier alpha value is -3.73. The summed E-state index contributed by atoms with van der Waals surface area (Å²) in [7, 11) is 0. The molecule has 0 aromatic heterocycles. The molecule has 5 heteroatoms. The van der Waals surface area contributed by atoms with Crippen LogP contribution in [0.25, 0.3) is 0 Å². The van der Waals surface area contributed by atoms with Crippen LogP contribution in [-0.4, -0.2) is 19.0 Å². The predicted octanol–water partition coefficient (Wildman–Crippen LogP) is 7.88. The highest BCUT2D eigenvalue weighted by molar-refractivity contribution is 6.01. The van der Waals surface area contributed by atoms with Crippen molar-refractivity contribution in [2.75, 3.05) is 23.8 Å². The first-order chi connectivity index (χ1) is 18.5. The molecule has 0 amide bonds. The zero-order valence-corrected chi connectivity index (χ0v) is 22.6. The molecule has 2 atom stereocenters. The van der Waals surface area contributed by atoms with Crippen LogP contribution in [0.1, 0.15) is 69.5 Å². The zero-order valence-electron chi connectivity index (χ0n) is 22.6. The Morgan fingerprint density at radius 1 is 0.895 bits per heavy atom. The van der Waals surface area contributed by atoms with Crippen molar-refractivity contribution in [1.29, 1.82) is 0 Å². The summed E-state index contributed by atoms with van der Waals surface area (Å²) in [5.41, 5.74) is 5.91. The maximum absolute atomic E-state index is 13.9. The molecule has 0 saturated carbocycles. The number of unbranched alkanes of at least 4 members (excludes halogenated alkanes) is 1. The minimum absolute atomic E-state index is 0.106. The number of carbonyl (C=O) groups is 1. The van der Waals surface area contributed by atoms with Crippen molar-refractivity contribution in [3.8, 4) is 11.5 Å². The van der Waals surface area contributed by atoms with Crippen LogP contribution in [0.15, 0.2) is 84.1 Å². The van der Waals surface area contributed by atoms with Gasteiger partial charge in [-0.1, -0.05) is 69.7 Å². The topological polar surface area (TPSA) is 59.6 Å². The molecular weight excluding hydrogens is 472 g/mol. The SMILES string of the molecule is CCCCOc1ccccc1C1Nc2ccccc2NC2=C1C(=O)CC(c1ccc(OCC(C)C)cc1)C2. The Kier molecular flexibility index (Phi) is 8.02. The summed E-state index contributed by atoms with van der Waals surface area (Å²) in [5.74, 6) is 2.45. The summed E-state index contributed by atoms with van der Waals surface area (Å²) in [4.78, 5) is 13.9. The highest BCUT2D eigenvalue weighted by Gasteiger charge is 2.37. The summed E-state index contributed by atoms with van der Waals surface area (Å²) >= 11 is 0. The standard InChI is InChI=1S/C33H38N2O3/c1-4-5-18-37-31-13-9-6-10-26(31)33-32-29(34-27-11-7-8-12-28(27)35-33)19-24(20-30(32)36)23-14-16-25(17-15-23)38-21-22(2)3/h6-17,22,24,33-35H,4-5,18-21H2,1-3H3. The smallest absolute Gasteiger partial charge is 0.163 e. The summed E-state index contributed by atoms with van der Waals surface area (Å²) < 4.78 is 12.1. The number of rotatable bonds is 9. The van der Waals surface area contributed by atoms with Crippen LogP contribution in [0.2, 0.25) is 0 Å². The molecule has 38 heavy (non-hydrogen) atoms. The van der Waals surface area contributed by atoms with Crippen molar-refractivity contribution in [2.45, 2.75) is 58.4 Å². The molecule has 0 saturated heterocycles. The fraction of sp³-hybridized carbons (Fsp3) is 0.364. The molecule has 5 nitrogen and oxygen atoms in total. The van der Waals surface area contributed by atoms with Crippen LogP contribution in [0, 0.1) is 5.92 Å². The fourth-order valence-electron chi connectivity index (χ4n) is 5.24. The van der Waals surface area contributed by atoms with Gasteiger partial charge in [0.2, 0.25) is 0 Å². The van der Waals surface area contributed by atoms with E-state index in [4.69, 9.17) is 9.47 Å². The molecule has 0 bridgehead atoms. The molecule has 0 fully saturated rings. The highest BCUT2D eigenvalue weighted by Crippen LogP contribution is 2.45. The number of ether oxygens (including phenoxy) is 2. The number of allylic oxidation sites excluding steroid dienone is 1. The number of para-hydroxylation sites is 3. The van der Waals surface area contributed by atoms with Gasteiger partial charge in [0.1, 0.15) is 11.5 Å². The van der Waals surface area contributed by atoms with Crippen molar-refractivity contribution in [1.82, 2.24) is 0 Å². The summed E-state index contributed by atoms with van der Waals surface area (Å²) in [5, 5.41) is 7.32. The molecule has 3 aromatic carbocycles. The summed E-state index contributed by atoms with van der Waals surface area (Å²) in [6, 6.07) is 24.2. The van der Waals surface area contributed by atoms with Crippen molar-refractivity contribution in [3.63, 3.8) is 0 Å². The number of benzene rings is 3. The normalized spacial score (nSPS) is 18.7. The van der Waals surface area contributed by atoms with Gasteiger partial charge in [-0.05, 0) is 60.6 Å². The van der Waals surface area contributed by atoms with Gasteiger partial charge >= 0.3 is 0 Å². The second-order valence-corrected chi connectivity index (χ2v) is 10.7. The number of hydrogen-bond donors (Lipinski definition) is 2. The van der Waals surface area contributed by atoms with E-state index in [-0.39, 0.29) is 17.7 Å². The van der Waals surface area contributed by atoms with Crippen molar-refractivity contribution >= 4 is 17.2 Å². The second-order valence-electron chi connectivity index (χ2n) is 10.7. The molecule has 0 radical (unpaired) electrons. The third kappa shape index (κ3) is 5.72. The van der Waals surface area contributed by atoms with Gasteiger partial charge < -0.3 is 20.1 Å². The second kappa shape index (κ2) is 11.8. The first-order valence-electron chi connectivity index (χ1n) is 13.9. The molecule has 3 aromatic rings. The lowest BCUT2D eigenvalue weighted by Crippen LogP contribution is -2.27. The number of hydrogen-bond acceptors (Lipinski definition) is 5. The monoisotopic (exact) mass is 510 g/mol. The minimum Gasteiger partial charge on any atom is -0.493 e. The van der Waals surface area contributed by atoms with Crippen LogP contribution in [0.5, 0.6) is 11.5 Å². The van der Waals surface area contributed by atoms with E-state index in [0.29, 0.717) is 25.6 Å². The molecule has 2 aliphatic rings. The average Bonchev–Trinajstić information content (AvgIpc) is 3.09. The van der Waals surface area contributed by atoms with Gasteiger partial charge in [0.15, 0.2) is 5.78 Å². The zero-order chi connectivity index (χ0) is 26.5. The van der Waals surface area contributed by atoms with E-state index in [0.717, 1.165) is 64.5 Å². The van der Waals surface area contributed by atoms with Gasteiger partial charge in [-0.3, -0.25) is 4.79 Å². The lowest BCUT2D eigenvalue weighted by atomic mass is 9.78. The van der Waals surface area contributed by atoms with E-state index in [1.807, 2.05) is 42.5 Å². The largest absolute Gasteiger partial charge is 0.493 e. The van der Waals surface area contributed by atoms with E-state index in [9.17, 15) is 4.79 Å². The van der Waals surface area contributed by atoms with E-state index in [1.165, 1.54) is 0 Å². The number of carbonyl (C=O) groups excluding carboxylic acids is 1. The van der Waals surface area contributed by atoms with Gasteiger partial charge in [-0.2, -0.15) is 0 Å². The van der Waals surface area contributed by atoms with Crippen molar-refractivity contribution in [2.24, 2.45) is 5.92 Å². The molecule has 1 heterocycles. The highest BCUT2D eigenvalue weighted by atomic mass is 16.5. The quantitative estimate of drug-likeness (QED) is 0.287. The molecule has 2 unspecified atom stereocenters. The molecular formula is C33H38N2O3. The van der Waals surface area contributed by atoms with Crippen LogP contribution >= 0.6 is 0 Å². The van der Waals surface area contributed by atoms with Crippen molar-refractivity contribution < 1.29 is 14.3 Å². The number of fused-ring (bicyclic) bond motifs is 1. The molecule has 1 aliphatic carbocycles. The first kappa shape index (κ1) is 25.9. The lowest BCUT2D eigenvalue weighted by molar-refractivity contribution is -0.116. The first-order valence-corrected chi connectivity index (χ1v) is 13.9. The minimum atomic E-state index is -0.292. The summed E-state index contributed by atoms with van der Waals surface area (Å²) in [6.45, 7) is 7.80. The molecule has 198 valence electrons. The van der Waals surface area contributed by atoms with E-state index < -0.39 is 0 Å². The van der Waals surface area contributed by atoms with Gasteiger partial charge in [0.25, 0.3) is 0 Å². The molecule has 2 N–H and O–H groups in total. The van der Waals surface area contributed by atoms with E-state index >= 15 is 0 Å². The number of nitrogens with one attached hydrogen (secondary N) is 2. The van der Waals surface area contributed by atoms with Crippen LogP contribution in [0.3, 0.4) is 0 Å². The average molecular weight is 511 g/mol. The van der Waals surface area contributed by atoms with E-state index in [2.05, 4.69) is 61.7 Å². The third-order valence-electron chi connectivity index (χ3n) is 7.23. The Balaban J connectivity index is 1.48. The van der Waals surface area contributed by atoms with Crippen molar-refractivity contribution in [3.05, 3.63) is 95.2 Å². The van der Waals surface area contributed by atoms with Crippen LogP contribution < -0.4 is 20.1 Å². The van der Waals surface area contributed by atoms with Gasteiger partial charge in [0.05, 0.1) is 30.6 Å². The van der Waals surface area contributed by atoms with E-state index in [1.54, 1.807) is 0 Å². The number of Topliss-reactive ketones (excluding diaryl/α,β-unsaturated/α-hetero) is 1. The molecule has 1 aliphatic heterocycles.